The van der Waals surface area contributed by atoms with E-state index in [0.717, 1.165) is 33.2 Å². The normalized spacial score (nSPS) is 11.7. The maximum atomic E-state index is 12.9. The number of nitro benzene ring substituents is 1. The van der Waals surface area contributed by atoms with Gasteiger partial charge in [0.1, 0.15) is 0 Å². The molecule has 0 fully saturated rings. The molecule has 4 aromatic carbocycles. The maximum Gasteiger partial charge on any atom is 0.338 e. The summed E-state index contributed by atoms with van der Waals surface area (Å²) in [4.78, 5) is 35.5. The highest BCUT2D eigenvalue weighted by atomic mass is 16.6. The van der Waals surface area contributed by atoms with Crippen LogP contribution in [-0.2, 0) is 11.3 Å². The molecular formula is C33H29N3O5. The predicted molar refractivity (Wildman–Crippen MR) is 158 cm³/mol. The zero-order chi connectivity index (χ0) is 28.9. The number of aromatic nitrogens is 1. The summed E-state index contributed by atoms with van der Waals surface area (Å²) in [6, 6.07) is 29.1. The van der Waals surface area contributed by atoms with Gasteiger partial charge in [-0.1, -0.05) is 48.5 Å². The number of nitrogens with one attached hydrogen (secondary N) is 1. The minimum absolute atomic E-state index is 0.0130. The molecule has 1 heterocycles. The summed E-state index contributed by atoms with van der Waals surface area (Å²) in [5, 5.41) is 14.8. The van der Waals surface area contributed by atoms with Crippen LogP contribution in [-0.4, -0.2) is 28.0 Å². The van der Waals surface area contributed by atoms with Crippen molar-refractivity contribution in [3.05, 3.63) is 136 Å². The summed E-state index contributed by atoms with van der Waals surface area (Å²) in [6.45, 7) is 4.63. The fraction of sp³-hybridized carbons (Fsp3) is 0.152. The van der Waals surface area contributed by atoms with Crippen LogP contribution in [0.2, 0.25) is 0 Å². The van der Waals surface area contributed by atoms with E-state index in [2.05, 4.69) is 22.0 Å². The Bertz CT molecular complexity index is 1720. The molecule has 0 aliphatic heterocycles. The second kappa shape index (κ2) is 11.9. The summed E-state index contributed by atoms with van der Waals surface area (Å²) < 4.78 is 7.25. The molecule has 1 amide bonds. The van der Waals surface area contributed by atoms with Crippen molar-refractivity contribution < 1.29 is 19.2 Å². The third-order valence-electron chi connectivity index (χ3n) is 7.00. The number of hydrogen-bond acceptors (Lipinski definition) is 5. The maximum absolute atomic E-state index is 12.9. The molecule has 5 aromatic rings. The predicted octanol–water partition coefficient (Wildman–Crippen LogP) is 6.93. The molecule has 0 radical (unpaired) electrons. The topological polar surface area (TPSA) is 103 Å². The molecule has 1 atom stereocenters. The van der Waals surface area contributed by atoms with Crippen LogP contribution in [0.3, 0.4) is 0 Å². The van der Waals surface area contributed by atoms with Crippen LogP contribution in [0.25, 0.3) is 22.0 Å². The van der Waals surface area contributed by atoms with E-state index >= 15 is 0 Å². The van der Waals surface area contributed by atoms with Gasteiger partial charge in [-0.2, -0.15) is 0 Å². The average molecular weight is 548 g/mol. The van der Waals surface area contributed by atoms with E-state index in [9.17, 15) is 19.7 Å². The number of nitrogens with zero attached hydrogens (tertiary/aromatic N) is 2. The Morgan fingerprint density at radius 2 is 1.66 bits per heavy atom. The Balaban J connectivity index is 1.26. The number of benzene rings is 4. The van der Waals surface area contributed by atoms with E-state index in [-0.39, 0.29) is 23.6 Å². The van der Waals surface area contributed by atoms with Gasteiger partial charge in [0.05, 0.1) is 23.1 Å². The Hall–Kier alpha value is -5.24. The molecule has 0 aliphatic rings. The summed E-state index contributed by atoms with van der Waals surface area (Å²) in [7, 11) is 0. The Kier molecular flexibility index (Phi) is 7.92. The fourth-order valence-electron chi connectivity index (χ4n) is 4.77. The number of carbonyl (C=O) groups is 2. The van der Waals surface area contributed by atoms with Crippen LogP contribution < -0.4 is 5.32 Å². The molecule has 1 aromatic heterocycles. The van der Waals surface area contributed by atoms with E-state index in [0.29, 0.717) is 24.3 Å². The molecule has 0 saturated heterocycles. The Labute approximate surface area is 237 Å². The third kappa shape index (κ3) is 6.17. The van der Waals surface area contributed by atoms with Crippen LogP contribution in [0.5, 0.6) is 0 Å². The smallest absolute Gasteiger partial charge is 0.338 e. The van der Waals surface area contributed by atoms with Crippen molar-refractivity contribution in [3.63, 3.8) is 0 Å². The molecule has 8 heteroatoms. The first kappa shape index (κ1) is 27.3. The van der Waals surface area contributed by atoms with Gasteiger partial charge in [0.2, 0.25) is 0 Å². The molecule has 8 nitrogen and oxygen atoms in total. The highest BCUT2D eigenvalue weighted by Crippen LogP contribution is 2.24. The lowest BCUT2D eigenvalue weighted by Crippen LogP contribution is -2.26. The van der Waals surface area contributed by atoms with Crippen molar-refractivity contribution in [2.75, 3.05) is 6.61 Å². The molecule has 0 aliphatic carbocycles. The molecule has 1 N–H and O–H groups in total. The number of ether oxygens (including phenoxy) is 1. The molecule has 0 unspecified atom stereocenters. The van der Waals surface area contributed by atoms with Crippen LogP contribution in [0.1, 0.15) is 51.7 Å². The van der Waals surface area contributed by atoms with Gasteiger partial charge in [0.25, 0.3) is 11.6 Å². The van der Waals surface area contributed by atoms with Crippen LogP contribution in [0.4, 0.5) is 5.69 Å². The van der Waals surface area contributed by atoms with E-state index in [4.69, 9.17) is 4.74 Å². The number of carbonyl (C=O) groups excluding carboxylic acids is 2. The summed E-state index contributed by atoms with van der Waals surface area (Å²) in [5.74, 6) is -0.543. The van der Waals surface area contributed by atoms with Crippen molar-refractivity contribution in [2.45, 2.75) is 26.4 Å². The number of amides is 1. The van der Waals surface area contributed by atoms with Gasteiger partial charge in [0.15, 0.2) is 0 Å². The molecule has 206 valence electrons. The summed E-state index contributed by atoms with van der Waals surface area (Å²) in [6.07, 6.45) is 2.00. The van der Waals surface area contributed by atoms with Gasteiger partial charge in [-0.05, 0) is 72.5 Å². The number of nitro groups is 1. The molecule has 0 bridgehead atoms. The van der Waals surface area contributed by atoms with E-state index in [1.165, 1.54) is 12.1 Å². The zero-order valence-electron chi connectivity index (χ0n) is 22.7. The number of rotatable bonds is 9. The van der Waals surface area contributed by atoms with Gasteiger partial charge in [-0.25, -0.2) is 4.79 Å². The van der Waals surface area contributed by atoms with Gasteiger partial charge < -0.3 is 14.6 Å². The molecule has 41 heavy (non-hydrogen) atoms. The van der Waals surface area contributed by atoms with Gasteiger partial charge >= 0.3 is 5.97 Å². The quantitative estimate of drug-likeness (QED) is 0.122. The largest absolute Gasteiger partial charge is 0.462 e. The molecule has 0 spiro atoms. The van der Waals surface area contributed by atoms with Gasteiger partial charge in [0, 0.05) is 41.3 Å². The minimum atomic E-state index is -0.446. The number of esters is 1. The highest BCUT2D eigenvalue weighted by Gasteiger charge is 2.15. The van der Waals surface area contributed by atoms with E-state index < -0.39 is 4.92 Å². The second-order valence-electron chi connectivity index (χ2n) is 9.76. The van der Waals surface area contributed by atoms with Crippen LogP contribution in [0.15, 0.2) is 103 Å². The van der Waals surface area contributed by atoms with Crippen molar-refractivity contribution in [1.82, 2.24) is 9.88 Å². The lowest BCUT2D eigenvalue weighted by molar-refractivity contribution is -0.384. The first-order valence-electron chi connectivity index (χ1n) is 13.3. The molecule has 5 rings (SSSR count). The SMILES string of the molecule is CCOC(=O)c1cccc(-c2ccc(Cn3ccc4cc(C(=O)N[C@@H](C)c5ccc([N+](=O)[O-])cc5)ccc43)cc2)c1. The number of fused-ring (bicyclic) bond motifs is 1. The second-order valence-corrected chi connectivity index (χ2v) is 9.76. The average Bonchev–Trinajstić information content (AvgIpc) is 3.39. The van der Waals surface area contributed by atoms with Crippen molar-refractivity contribution in [1.29, 1.82) is 0 Å². The number of hydrogen-bond donors (Lipinski definition) is 1. The van der Waals surface area contributed by atoms with Gasteiger partial charge in [-0.3, -0.25) is 14.9 Å². The minimum Gasteiger partial charge on any atom is -0.462 e. The zero-order valence-corrected chi connectivity index (χ0v) is 22.7. The lowest BCUT2D eigenvalue weighted by atomic mass is 10.0. The molecular weight excluding hydrogens is 518 g/mol. The lowest BCUT2D eigenvalue weighted by Gasteiger charge is -2.14. The third-order valence-corrected chi connectivity index (χ3v) is 7.00. The first-order chi connectivity index (χ1) is 19.8. The highest BCUT2D eigenvalue weighted by molar-refractivity contribution is 5.98. The van der Waals surface area contributed by atoms with Crippen LogP contribution >= 0.6 is 0 Å². The number of non-ortho nitro benzene ring substituents is 1. The summed E-state index contributed by atoms with van der Waals surface area (Å²) >= 11 is 0. The van der Waals surface area contributed by atoms with Crippen molar-refractivity contribution in [3.8, 4) is 11.1 Å². The van der Waals surface area contributed by atoms with E-state index in [1.54, 1.807) is 31.2 Å². The fourth-order valence-corrected chi connectivity index (χ4v) is 4.77. The molecule has 0 saturated carbocycles. The standard InChI is InChI=1S/C33H29N3O5/c1-3-41-33(38)29-6-4-5-26(19-29)25-9-7-23(8-10-25)21-35-18-17-27-20-28(13-16-31(27)35)32(37)34-22(2)24-11-14-30(15-12-24)36(39)40/h4-20,22H,3,21H2,1-2H3,(H,34,37)/t22-/m0/s1. The van der Waals surface area contributed by atoms with Crippen molar-refractivity contribution >= 4 is 28.5 Å². The van der Waals surface area contributed by atoms with Crippen LogP contribution in [0, 0.1) is 10.1 Å². The Morgan fingerprint density at radius 1 is 0.902 bits per heavy atom. The van der Waals surface area contributed by atoms with Crippen molar-refractivity contribution in [2.24, 2.45) is 0 Å². The van der Waals surface area contributed by atoms with E-state index in [1.807, 2.05) is 61.7 Å². The van der Waals surface area contributed by atoms with Gasteiger partial charge in [-0.15, -0.1) is 0 Å². The first-order valence-corrected chi connectivity index (χ1v) is 13.3. The monoisotopic (exact) mass is 547 g/mol. The Morgan fingerprint density at radius 3 is 2.37 bits per heavy atom. The summed E-state index contributed by atoms with van der Waals surface area (Å²) in [5.41, 5.74) is 5.95.